The largest absolute Gasteiger partial charge is 0.360 e. The van der Waals surface area contributed by atoms with Crippen molar-refractivity contribution in [2.75, 3.05) is 10.6 Å². The Kier molecular flexibility index (Phi) is 5.64. The maximum absolute atomic E-state index is 12.1. The SMILES string of the molecule is Cc1cc(Cl)ccc1N/C=C(/C#N)C(=O)Nc1ccccc1Cl. The standard InChI is InChI=1S/C17H13Cl2N3O/c1-11-8-13(18)6-7-15(11)21-10-12(9-20)17(23)22-16-5-3-2-4-14(16)19/h2-8,10,21H,1H3,(H,22,23)/b12-10-. The average molecular weight is 346 g/mol. The van der Waals surface area contributed by atoms with Gasteiger partial charge in [0, 0.05) is 16.9 Å². The number of nitrogens with one attached hydrogen (secondary N) is 2. The highest BCUT2D eigenvalue weighted by Gasteiger charge is 2.11. The summed E-state index contributed by atoms with van der Waals surface area (Å²) < 4.78 is 0. The van der Waals surface area contributed by atoms with E-state index in [1.807, 2.05) is 13.0 Å². The zero-order valence-corrected chi connectivity index (χ0v) is 13.7. The molecule has 0 radical (unpaired) electrons. The maximum atomic E-state index is 12.1. The van der Waals surface area contributed by atoms with Crippen molar-refractivity contribution in [1.82, 2.24) is 0 Å². The molecule has 116 valence electrons. The number of carbonyl (C=O) groups excluding carboxylic acids is 1. The van der Waals surface area contributed by atoms with E-state index in [9.17, 15) is 4.79 Å². The number of nitriles is 1. The molecule has 0 heterocycles. The Hall–Kier alpha value is -2.48. The van der Waals surface area contributed by atoms with E-state index in [4.69, 9.17) is 28.5 Å². The molecule has 0 aliphatic heterocycles. The van der Waals surface area contributed by atoms with Crippen molar-refractivity contribution in [2.45, 2.75) is 6.92 Å². The highest BCUT2D eigenvalue weighted by Crippen LogP contribution is 2.22. The average Bonchev–Trinajstić information content (AvgIpc) is 2.52. The number of hydrogen-bond acceptors (Lipinski definition) is 3. The van der Waals surface area contributed by atoms with Crippen molar-refractivity contribution in [3.8, 4) is 6.07 Å². The molecular formula is C17H13Cl2N3O. The van der Waals surface area contributed by atoms with Gasteiger partial charge >= 0.3 is 0 Å². The third kappa shape index (κ3) is 4.49. The van der Waals surface area contributed by atoms with Crippen LogP contribution in [-0.4, -0.2) is 5.91 Å². The van der Waals surface area contributed by atoms with Gasteiger partial charge in [-0.3, -0.25) is 4.79 Å². The summed E-state index contributed by atoms with van der Waals surface area (Å²) in [5.74, 6) is -0.542. The minimum atomic E-state index is -0.542. The predicted octanol–water partition coefficient (Wildman–Crippen LogP) is 4.76. The Balaban J connectivity index is 2.14. The first kappa shape index (κ1) is 16.9. The lowest BCUT2D eigenvalue weighted by Crippen LogP contribution is -2.14. The summed E-state index contributed by atoms with van der Waals surface area (Å²) in [5.41, 5.74) is 2.03. The van der Waals surface area contributed by atoms with Crippen LogP contribution in [0.1, 0.15) is 5.56 Å². The molecular weight excluding hydrogens is 333 g/mol. The van der Waals surface area contributed by atoms with Gasteiger partial charge in [0.15, 0.2) is 0 Å². The fraction of sp³-hybridized carbons (Fsp3) is 0.0588. The Bertz CT molecular complexity index is 810. The first-order valence-electron chi connectivity index (χ1n) is 6.70. The van der Waals surface area contributed by atoms with Gasteiger partial charge in [-0.2, -0.15) is 5.26 Å². The quantitative estimate of drug-likeness (QED) is 0.620. The van der Waals surface area contributed by atoms with Crippen LogP contribution >= 0.6 is 23.2 Å². The Morgan fingerprint density at radius 2 is 1.91 bits per heavy atom. The van der Waals surface area contributed by atoms with E-state index < -0.39 is 5.91 Å². The third-order valence-electron chi connectivity index (χ3n) is 3.05. The van der Waals surface area contributed by atoms with E-state index in [0.717, 1.165) is 11.3 Å². The van der Waals surface area contributed by atoms with Crippen molar-refractivity contribution in [1.29, 1.82) is 5.26 Å². The minimum Gasteiger partial charge on any atom is -0.360 e. The number of anilines is 2. The van der Waals surface area contributed by atoms with Gasteiger partial charge in [0.25, 0.3) is 5.91 Å². The van der Waals surface area contributed by atoms with Crippen LogP contribution in [0.4, 0.5) is 11.4 Å². The van der Waals surface area contributed by atoms with Gasteiger partial charge in [0.05, 0.1) is 10.7 Å². The molecule has 2 aromatic rings. The van der Waals surface area contributed by atoms with Crippen LogP contribution in [0.25, 0.3) is 0 Å². The molecule has 2 rings (SSSR count). The number of benzene rings is 2. The molecule has 1 amide bonds. The van der Waals surface area contributed by atoms with Crippen LogP contribution in [0.15, 0.2) is 54.2 Å². The number of rotatable bonds is 4. The van der Waals surface area contributed by atoms with E-state index in [1.54, 1.807) is 42.5 Å². The molecule has 0 fully saturated rings. The van der Waals surface area contributed by atoms with Gasteiger partial charge in [-0.05, 0) is 42.8 Å². The van der Waals surface area contributed by atoms with Gasteiger partial charge < -0.3 is 10.6 Å². The summed E-state index contributed by atoms with van der Waals surface area (Å²) in [6.45, 7) is 1.87. The van der Waals surface area contributed by atoms with E-state index in [-0.39, 0.29) is 5.57 Å². The summed E-state index contributed by atoms with van der Waals surface area (Å²) in [7, 11) is 0. The molecule has 0 aliphatic rings. The Morgan fingerprint density at radius 3 is 2.57 bits per heavy atom. The number of amides is 1. The number of aryl methyl sites for hydroxylation is 1. The molecule has 0 saturated carbocycles. The van der Waals surface area contributed by atoms with Crippen molar-refractivity contribution < 1.29 is 4.79 Å². The van der Waals surface area contributed by atoms with E-state index in [2.05, 4.69) is 10.6 Å². The lowest BCUT2D eigenvalue weighted by molar-refractivity contribution is -0.112. The lowest BCUT2D eigenvalue weighted by atomic mass is 10.2. The summed E-state index contributed by atoms with van der Waals surface area (Å²) in [5, 5.41) is 15.7. The van der Waals surface area contributed by atoms with Gasteiger partial charge in [0.1, 0.15) is 11.6 Å². The van der Waals surface area contributed by atoms with Crippen molar-refractivity contribution >= 4 is 40.5 Å². The zero-order chi connectivity index (χ0) is 16.8. The normalized spacial score (nSPS) is 10.8. The lowest BCUT2D eigenvalue weighted by Gasteiger charge is -2.08. The van der Waals surface area contributed by atoms with Crippen LogP contribution in [0.3, 0.4) is 0 Å². The second-order valence-electron chi connectivity index (χ2n) is 4.71. The molecule has 0 unspecified atom stereocenters. The molecule has 0 bridgehead atoms. The minimum absolute atomic E-state index is 0.0701. The Morgan fingerprint density at radius 1 is 1.17 bits per heavy atom. The topological polar surface area (TPSA) is 64.9 Å². The number of nitrogens with zero attached hydrogens (tertiary/aromatic N) is 1. The molecule has 4 nitrogen and oxygen atoms in total. The monoisotopic (exact) mass is 345 g/mol. The molecule has 6 heteroatoms. The van der Waals surface area contributed by atoms with Gasteiger partial charge in [-0.1, -0.05) is 35.3 Å². The maximum Gasteiger partial charge on any atom is 0.267 e. The van der Waals surface area contributed by atoms with Gasteiger partial charge in [0.2, 0.25) is 0 Å². The molecule has 2 aromatic carbocycles. The van der Waals surface area contributed by atoms with E-state index in [1.165, 1.54) is 6.20 Å². The summed E-state index contributed by atoms with van der Waals surface area (Å²) in [6.07, 6.45) is 1.35. The molecule has 2 N–H and O–H groups in total. The fourth-order valence-corrected chi connectivity index (χ4v) is 2.25. The van der Waals surface area contributed by atoms with Crippen LogP contribution in [0.5, 0.6) is 0 Å². The third-order valence-corrected chi connectivity index (χ3v) is 3.61. The van der Waals surface area contributed by atoms with Crippen molar-refractivity contribution in [3.63, 3.8) is 0 Å². The smallest absolute Gasteiger partial charge is 0.267 e. The second kappa shape index (κ2) is 7.68. The molecule has 0 spiro atoms. The predicted molar refractivity (Wildman–Crippen MR) is 93.6 cm³/mol. The first-order valence-corrected chi connectivity index (χ1v) is 7.45. The van der Waals surface area contributed by atoms with Crippen molar-refractivity contribution in [3.05, 3.63) is 69.8 Å². The van der Waals surface area contributed by atoms with Crippen LogP contribution in [0, 0.1) is 18.3 Å². The van der Waals surface area contributed by atoms with E-state index >= 15 is 0 Å². The first-order chi connectivity index (χ1) is 11.0. The van der Waals surface area contributed by atoms with Crippen LogP contribution < -0.4 is 10.6 Å². The summed E-state index contributed by atoms with van der Waals surface area (Å²) in [6, 6.07) is 14.0. The second-order valence-corrected chi connectivity index (χ2v) is 5.55. The van der Waals surface area contributed by atoms with E-state index in [0.29, 0.717) is 15.7 Å². The molecule has 0 aliphatic carbocycles. The van der Waals surface area contributed by atoms with Crippen LogP contribution in [-0.2, 0) is 4.79 Å². The highest BCUT2D eigenvalue weighted by molar-refractivity contribution is 6.34. The number of halogens is 2. The van der Waals surface area contributed by atoms with Crippen LogP contribution in [0.2, 0.25) is 10.0 Å². The molecule has 23 heavy (non-hydrogen) atoms. The number of hydrogen-bond donors (Lipinski definition) is 2. The number of para-hydroxylation sites is 1. The Labute approximate surface area is 144 Å². The van der Waals surface area contributed by atoms with Gasteiger partial charge in [-0.15, -0.1) is 0 Å². The van der Waals surface area contributed by atoms with Gasteiger partial charge in [-0.25, -0.2) is 0 Å². The highest BCUT2D eigenvalue weighted by atomic mass is 35.5. The fourth-order valence-electron chi connectivity index (χ4n) is 1.84. The summed E-state index contributed by atoms with van der Waals surface area (Å²) >= 11 is 11.9. The summed E-state index contributed by atoms with van der Waals surface area (Å²) in [4.78, 5) is 12.1. The molecule has 0 saturated heterocycles. The zero-order valence-electron chi connectivity index (χ0n) is 12.2. The number of carbonyl (C=O) groups is 1. The van der Waals surface area contributed by atoms with Crippen molar-refractivity contribution in [2.24, 2.45) is 0 Å². The molecule has 0 aromatic heterocycles. The molecule has 0 atom stereocenters.